The van der Waals surface area contributed by atoms with Gasteiger partial charge in [0.25, 0.3) is 0 Å². The lowest BCUT2D eigenvalue weighted by atomic mass is 10.0. The van der Waals surface area contributed by atoms with Crippen molar-refractivity contribution in [3.63, 3.8) is 0 Å². The molecule has 5 nitrogen and oxygen atoms in total. The van der Waals surface area contributed by atoms with Crippen LogP contribution in [0.15, 0.2) is 77.7 Å². The molecule has 0 bridgehead atoms. The maximum absolute atomic E-state index is 13.3. The number of thiocarbonyl (C=S) groups is 1. The lowest BCUT2D eigenvalue weighted by molar-refractivity contribution is 0.320. The molecule has 0 spiro atoms. The molecule has 1 fully saturated rings. The van der Waals surface area contributed by atoms with Crippen molar-refractivity contribution >= 4 is 44.5 Å². The second-order valence-electron chi connectivity index (χ2n) is 8.49. The lowest BCUT2D eigenvalue weighted by Crippen LogP contribution is -2.48. The van der Waals surface area contributed by atoms with Crippen molar-refractivity contribution in [3.8, 4) is 5.75 Å². The Kier molecular flexibility index (Phi) is 13.4. The van der Waals surface area contributed by atoms with Gasteiger partial charge in [0.05, 0.1) is 17.0 Å². The summed E-state index contributed by atoms with van der Waals surface area (Å²) in [4.78, 5) is 3.07. The van der Waals surface area contributed by atoms with E-state index in [4.69, 9.17) is 28.6 Å². The van der Waals surface area contributed by atoms with Crippen LogP contribution >= 0.6 is 23.8 Å². The summed E-state index contributed by atoms with van der Waals surface area (Å²) >= 11 is 12.4. The summed E-state index contributed by atoms with van der Waals surface area (Å²) < 4.78 is 33.4. The third kappa shape index (κ3) is 8.04. The van der Waals surface area contributed by atoms with E-state index >= 15 is 0 Å². The molecule has 4 rings (SSSR count). The fourth-order valence-electron chi connectivity index (χ4n) is 4.39. The van der Waals surface area contributed by atoms with Crippen LogP contribution in [0.4, 0.5) is 5.69 Å². The standard InChI is InChI=1S/C27H29ClN2O3S2.2C2H6/c1-3-20-8-14-24(15-9-20)35(31,32)29-18-16-22(17-19-29)30(21-10-12-23(33-2)13-11-21)27(34)25-6-4-5-7-26(25)28;2*1-2/h4-15,22H,3,16-19H2,1-2H3;2*1-2H3. The molecule has 1 aliphatic heterocycles. The third-order valence-electron chi connectivity index (χ3n) is 6.43. The average Bonchev–Trinajstić information content (AvgIpc) is 3.00. The van der Waals surface area contributed by atoms with Crippen LogP contribution < -0.4 is 9.64 Å². The number of aryl methyl sites for hydroxylation is 1. The predicted octanol–water partition coefficient (Wildman–Crippen LogP) is 8.00. The molecule has 1 heterocycles. The molecule has 1 saturated heterocycles. The van der Waals surface area contributed by atoms with Crippen LogP contribution in [0.2, 0.25) is 5.02 Å². The number of rotatable bonds is 7. The van der Waals surface area contributed by atoms with Crippen molar-refractivity contribution in [2.24, 2.45) is 0 Å². The highest BCUT2D eigenvalue weighted by molar-refractivity contribution is 7.89. The molecule has 1 aliphatic rings. The first-order valence-electron chi connectivity index (χ1n) is 13.7. The quantitative estimate of drug-likeness (QED) is 0.262. The minimum atomic E-state index is -3.54. The molecule has 0 radical (unpaired) electrons. The highest BCUT2D eigenvalue weighted by Gasteiger charge is 2.33. The van der Waals surface area contributed by atoms with Gasteiger partial charge in [0, 0.05) is 30.4 Å². The molecule has 0 atom stereocenters. The Labute approximate surface area is 245 Å². The van der Waals surface area contributed by atoms with Gasteiger partial charge in [-0.2, -0.15) is 4.31 Å². The number of ether oxygens (including phenoxy) is 1. The Morgan fingerprint density at radius 2 is 1.51 bits per heavy atom. The van der Waals surface area contributed by atoms with Crippen LogP contribution in [-0.4, -0.2) is 44.0 Å². The number of methoxy groups -OCH3 is 1. The van der Waals surface area contributed by atoms with E-state index in [-0.39, 0.29) is 6.04 Å². The van der Waals surface area contributed by atoms with Crippen LogP contribution in [0, 0.1) is 0 Å². The van der Waals surface area contributed by atoms with Crippen molar-refractivity contribution in [2.45, 2.75) is 64.8 Å². The van der Waals surface area contributed by atoms with Gasteiger partial charge in [-0.05, 0) is 67.3 Å². The van der Waals surface area contributed by atoms with Crippen LogP contribution in [0.25, 0.3) is 0 Å². The first-order valence-corrected chi connectivity index (χ1v) is 15.9. The fourth-order valence-corrected chi connectivity index (χ4v) is 6.57. The highest BCUT2D eigenvalue weighted by atomic mass is 35.5. The van der Waals surface area contributed by atoms with Crippen molar-refractivity contribution in [3.05, 3.63) is 88.9 Å². The Morgan fingerprint density at radius 1 is 0.949 bits per heavy atom. The van der Waals surface area contributed by atoms with E-state index in [1.165, 1.54) is 0 Å². The predicted molar refractivity (Wildman–Crippen MR) is 169 cm³/mol. The smallest absolute Gasteiger partial charge is 0.243 e. The van der Waals surface area contributed by atoms with E-state index in [9.17, 15) is 8.42 Å². The van der Waals surface area contributed by atoms with Crippen LogP contribution in [0.1, 0.15) is 58.6 Å². The Bertz CT molecular complexity index is 1270. The molecule has 3 aromatic carbocycles. The maximum Gasteiger partial charge on any atom is 0.243 e. The number of hydrogen-bond acceptors (Lipinski definition) is 4. The molecular formula is C31H41ClN2O3S2. The molecule has 0 unspecified atom stereocenters. The molecule has 212 valence electrons. The number of piperidine rings is 1. The Morgan fingerprint density at radius 3 is 2.03 bits per heavy atom. The van der Waals surface area contributed by atoms with E-state index < -0.39 is 10.0 Å². The van der Waals surface area contributed by atoms with Gasteiger partial charge in [-0.3, -0.25) is 0 Å². The summed E-state index contributed by atoms with van der Waals surface area (Å²) in [5, 5.41) is 0.589. The SMILES string of the molecule is CC.CC.CCc1ccc(S(=O)(=O)N2CCC(N(C(=S)c3ccccc3Cl)c3ccc(OC)cc3)CC2)cc1. The second kappa shape index (κ2) is 16.0. The number of hydrogen-bond donors (Lipinski definition) is 0. The Balaban J connectivity index is 0.00000127. The molecule has 0 N–H and O–H groups in total. The summed E-state index contributed by atoms with van der Waals surface area (Å²) in [5.74, 6) is 0.757. The average molecular weight is 589 g/mol. The zero-order valence-electron chi connectivity index (χ0n) is 23.9. The largest absolute Gasteiger partial charge is 0.497 e. The molecule has 8 heteroatoms. The molecule has 0 amide bonds. The van der Waals surface area contributed by atoms with E-state index in [1.807, 2.05) is 88.4 Å². The number of sulfonamides is 1. The first-order chi connectivity index (χ1) is 18.8. The fraction of sp³-hybridized carbons (Fsp3) is 0.387. The van der Waals surface area contributed by atoms with Crippen LogP contribution in [0.3, 0.4) is 0 Å². The van der Waals surface area contributed by atoms with Crippen molar-refractivity contribution in [1.29, 1.82) is 0 Å². The molecule has 0 aromatic heterocycles. The summed E-state index contributed by atoms with van der Waals surface area (Å²) in [6, 6.07) is 22.5. The zero-order valence-corrected chi connectivity index (χ0v) is 26.2. The topological polar surface area (TPSA) is 49.9 Å². The Hall–Kier alpha value is -2.45. The molecule has 3 aromatic rings. The van der Waals surface area contributed by atoms with Gasteiger partial charge in [0.15, 0.2) is 0 Å². The maximum atomic E-state index is 13.3. The van der Waals surface area contributed by atoms with Gasteiger partial charge in [-0.1, -0.05) is 88.8 Å². The number of benzene rings is 3. The van der Waals surface area contributed by atoms with Gasteiger partial charge in [0.1, 0.15) is 10.7 Å². The lowest BCUT2D eigenvalue weighted by Gasteiger charge is -2.39. The minimum Gasteiger partial charge on any atom is -0.497 e. The number of nitrogens with zero attached hydrogens (tertiary/aromatic N) is 2. The van der Waals surface area contributed by atoms with E-state index in [1.54, 1.807) is 23.5 Å². The van der Waals surface area contributed by atoms with Crippen molar-refractivity contribution in [1.82, 2.24) is 4.31 Å². The van der Waals surface area contributed by atoms with Gasteiger partial charge in [0.2, 0.25) is 10.0 Å². The van der Waals surface area contributed by atoms with Crippen molar-refractivity contribution in [2.75, 3.05) is 25.1 Å². The molecule has 0 saturated carbocycles. The van der Waals surface area contributed by atoms with Crippen LogP contribution in [0.5, 0.6) is 5.75 Å². The van der Waals surface area contributed by atoms with E-state index in [0.717, 1.165) is 29.0 Å². The van der Waals surface area contributed by atoms with E-state index in [0.29, 0.717) is 40.8 Å². The minimum absolute atomic E-state index is 0.0288. The monoisotopic (exact) mass is 588 g/mol. The molecule has 39 heavy (non-hydrogen) atoms. The summed E-state index contributed by atoms with van der Waals surface area (Å²) in [7, 11) is -1.91. The van der Waals surface area contributed by atoms with Gasteiger partial charge >= 0.3 is 0 Å². The summed E-state index contributed by atoms with van der Waals surface area (Å²) in [6.45, 7) is 10.9. The van der Waals surface area contributed by atoms with E-state index in [2.05, 4.69) is 11.8 Å². The van der Waals surface area contributed by atoms with Gasteiger partial charge < -0.3 is 9.64 Å². The molecule has 0 aliphatic carbocycles. The van der Waals surface area contributed by atoms with Crippen LogP contribution in [-0.2, 0) is 16.4 Å². The summed E-state index contributed by atoms with van der Waals surface area (Å²) in [6.07, 6.45) is 2.16. The highest BCUT2D eigenvalue weighted by Crippen LogP contribution is 2.31. The second-order valence-corrected chi connectivity index (χ2v) is 11.2. The first kappa shape index (κ1) is 32.8. The number of anilines is 1. The zero-order chi connectivity index (χ0) is 29.0. The van der Waals surface area contributed by atoms with Crippen molar-refractivity contribution < 1.29 is 13.2 Å². The third-order valence-corrected chi connectivity index (χ3v) is 9.09. The summed E-state index contributed by atoms with van der Waals surface area (Å²) in [5.41, 5.74) is 2.82. The normalized spacial score (nSPS) is 13.8. The number of halogens is 1. The van der Waals surface area contributed by atoms with Gasteiger partial charge in [-0.15, -0.1) is 0 Å². The molecular weight excluding hydrogens is 548 g/mol. The van der Waals surface area contributed by atoms with Gasteiger partial charge in [-0.25, -0.2) is 8.42 Å².